The summed E-state index contributed by atoms with van der Waals surface area (Å²) in [7, 11) is 0. The highest BCUT2D eigenvalue weighted by Gasteiger charge is 2.16. The van der Waals surface area contributed by atoms with Crippen LogP contribution in [0.1, 0.15) is 37.7 Å². The van der Waals surface area contributed by atoms with E-state index in [4.69, 9.17) is 5.10 Å². The number of nitrogens with one attached hydrogen (secondary N) is 2. The zero-order valence-corrected chi connectivity index (χ0v) is 21.0. The van der Waals surface area contributed by atoms with Crippen molar-refractivity contribution in [3.05, 3.63) is 72.6 Å². The lowest BCUT2D eigenvalue weighted by Gasteiger charge is -2.21. The van der Waals surface area contributed by atoms with Crippen LogP contribution in [0.2, 0.25) is 0 Å². The molecule has 4 aromatic rings. The summed E-state index contributed by atoms with van der Waals surface area (Å²) in [5.74, 6) is 0.764. The van der Waals surface area contributed by atoms with E-state index in [-0.39, 0.29) is 12.5 Å². The standard InChI is InChI=1S/C30H35N5O/c1-22-7-9-24(10-8-22)26-11-12-27-28(19-26)35(34-30(27)25-13-15-31-16-14-25)21-29(36)33-18-17-32-20-23-5-3-2-4-6-23/h7-16,19,23,32H,2-6,17-18,20-21H2,1H3,(H,33,36). The van der Waals surface area contributed by atoms with Crippen molar-refractivity contribution in [2.75, 3.05) is 19.6 Å². The van der Waals surface area contributed by atoms with Crippen molar-refractivity contribution in [3.63, 3.8) is 0 Å². The molecule has 1 aliphatic rings. The van der Waals surface area contributed by atoms with Gasteiger partial charge < -0.3 is 10.6 Å². The Labute approximate surface area is 213 Å². The molecule has 2 heterocycles. The number of carbonyl (C=O) groups is 1. The normalized spacial score (nSPS) is 14.2. The van der Waals surface area contributed by atoms with E-state index in [2.05, 4.69) is 65.0 Å². The van der Waals surface area contributed by atoms with E-state index in [1.165, 1.54) is 37.7 Å². The minimum atomic E-state index is -0.0270. The van der Waals surface area contributed by atoms with Gasteiger partial charge in [-0.25, -0.2) is 0 Å². The molecule has 0 saturated heterocycles. The fourth-order valence-corrected chi connectivity index (χ4v) is 5.12. The second kappa shape index (κ2) is 11.5. The van der Waals surface area contributed by atoms with Crippen molar-refractivity contribution in [2.45, 2.75) is 45.6 Å². The molecule has 6 nitrogen and oxygen atoms in total. The lowest BCUT2D eigenvalue weighted by Crippen LogP contribution is -2.35. The number of hydrogen-bond acceptors (Lipinski definition) is 4. The summed E-state index contributed by atoms with van der Waals surface area (Å²) in [5.41, 5.74) is 6.29. The van der Waals surface area contributed by atoms with E-state index >= 15 is 0 Å². The maximum atomic E-state index is 12.8. The molecule has 0 spiro atoms. The first kappa shape index (κ1) is 24.2. The third-order valence-corrected chi connectivity index (χ3v) is 7.17. The molecule has 2 N–H and O–H groups in total. The Morgan fingerprint density at radius 2 is 1.67 bits per heavy atom. The second-order valence-corrected chi connectivity index (χ2v) is 9.90. The minimum absolute atomic E-state index is 0.0270. The Morgan fingerprint density at radius 3 is 2.44 bits per heavy atom. The summed E-state index contributed by atoms with van der Waals surface area (Å²) in [5, 5.41) is 12.5. The number of aromatic nitrogens is 3. The smallest absolute Gasteiger partial charge is 0.241 e. The molecule has 2 aromatic carbocycles. The molecule has 0 unspecified atom stereocenters. The average molecular weight is 482 g/mol. The van der Waals surface area contributed by atoms with Crippen molar-refractivity contribution >= 4 is 16.8 Å². The molecule has 0 bridgehead atoms. The number of fused-ring (bicyclic) bond motifs is 1. The maximum absolute atomic E-state index is 12.8. The van der Waals surface area contributed by atoms with Gasteiger partial charge in [0.15, 0.2) is 0 Å². The fourth-order valence-electron chi connectivity index (χ4n) is 5.12. The highest BCUT2D eigenvalue weighted by atomic mass is 16.2. The lowest BCUT2D eigenvalue weighted by atomic mass is 9.89. The Bertz CT molecular complexity index is 1290. The molecule has 0 aliphatic heterocycles. The molecule has 186 valence electrons. The monoisotopic (exact) mass is 481 g/mol. The van der Waals surface area contributed by atoms with Crippen molar-refractivity contribution in [1.29, 1.82) is 0 Å². The number of pyridine rings is 1. The fraction of sp³-hybridized carbons (Fsp3) is 0.367. The zero-order valence-electron chi connectivity index (χ0n) is 21.0. The second-order valence-electron chi connectivity index (χ2n) is 9.90. The van der Waals surface area contributed by atoms with Crippen LogP contribution in [0.25, 0.3) is 33.3 Å². The van der Waals surface area contributed by atoms with E-state index in [1.54, 1.807) is 12.4 Å². The van der Waals surface area contributed by atoms with Gasteiger partial charge in [0.05, 0.1) is 5.52 Å². The molecule has 1 aliphatic carbocycles. The van der Waals surface area contributed by atoms with Crippen molar-refractivity contribution in [2.24, 2.45) is 5.92 Å². The molecule has 6 heteroatoms. The van der Waals surface area contributed by atoms with Gasteiger partial charge in [0, 0.05) is 36.4 Å². The summed E-state index contributed by atoms with van der Waals surface area (Å²) >= 11 is 0. The van der Waals surface area contributed by atoms with Crippen molar-refractivity contribution in [1.82, 2.24) is 25.4 Å². The SMILES string of the molecule is Cc1ccc(-c2ccc3c(-c4ccncc4)nn(CC(=O)NCCNCC4CCCCC4)c3c2)cc1. The summed E-state index contributed by atoms with van der Waals surface area (Å²) < 4.78 is 1.83. The molecule has 1 fully saturated rings. The van der Waals surface area contributed by atoms with Gasteiger partial charge >= 0.3 is 0 Å². The summed E-state index contributed by atoms with van der Waals surface area (Å²) in [4.78, 5) is 17.0. The minimum Gasteiger partial charge on any atom is -0.353 e. The van der Waals surface area contributed by atoms with Gasteiger partial charge in [-0.15, -0.1) is 0 Å². The Morgan fingerprint density at radius 1 is 0.917 bits per heavy atom. The topological polar surface area (TPSA) is 71.8 Å². The van der Waals surface area contributed by atoms with Crippen LogP contribution in [0.4, 0.5) is 0 Å². The van der Waals surface area contributed by atoms with Crippen LogP contribution in [0.15, 0.2) is 67.0 Å². The summed E-state index contributed by atoms with van der Waals surface area (Å²) in [6.45, 7) is 4.74. The van der Waals surface area contributed by atoms with Crippen LogP contribution in [0.5, 0.6) is 0 Å². The predicted molar refractivity (Wildman–Crippen MR) is 146 cm³/mol. The number of aryl methyl sites for hydroxylation is 1. The number of rotatable bonds is 9. The molecular formula is C30H35N5O. The number of benzene rings is 2. The number of hydrogen-bond donors (Lipinski definition) is 2. The predicted octanol–water partition coefficient (Wildman–Crippen LogP) is 5.36. The van der Waals surface area contributed by atoms with Gasteiger partial charge in [0.2, 0.25) is 5.91 Å². The van der Waals surface area contributed by atoms with Gasteiger partial charge in [0.25, 0.3) is 0 Å². The first-order valence-corrected chi connectivity index (χ1v) is 13.1. The molecule has 0 radical (unpaired) electrons. The molecule has 1 saturated carbocycles. The van der Waals surface area contributed by atoms with Gasteiger partial charge in [-0.3, -0.25) is 14.5 Å². The molecule has 2 aromatic heterocycles. The van der Waals surface area contributed by atoms with Crippen LogP contribution in [0, 0.1) is 12.8 Å². The number of amides is 1. The van der Waals surface area contributed by atoms with E-state index in [1.807, 2.05) is 16.8 Å². The summed E-state index contributed by atoms with van der Waals surface area (Å²) in [6.07, 6.45) is 10.3. The molecular weight excluding hydrogens is 446 g/mol. The van der Waals surface area contributed by atoms with Crippen molar-refractivity contribution < 1.29 is 4.79 Å². The lowest BCUT2D eigenvalue weighted by molar-refractivity contribution is -0.121. The highest BCUT2D eigenvalue weighted by Crippen LogP contribution is 2.31. The quantitative estimate of drug-likeness (QED) is 0.316. The maximum Gasteiger partial charge on any atom is 0.241 e. The van der Waals surface area contributed by atoms with E-state index in [0.717, 1.165) is 52.3 Å². The van der Waals surface area contributed by atoms with Gasteiger partial charge in [0.1, 0.15) is 12.2 Å². The molecule has 36 heavy (non-hydrogen) atoms. The van der Waals surface area contributed by atoms with Crippen LogP contribution in [-0.4, -0.2) is 40.3 Å². The van der Waals surface area contributed by atoms with Gasteiger partial charge in [-0.05, 0) is 67.6 Å². The third-order valence-electron chi connectivity index (χ3n) is 7.17. The van der Waals surface area contributed by atoms with Gasteiger partial charge in [-0.1, -0.05) is 55.2 Å². The van der Waals surface area contributed by atoms with Crippen LogP contribution >= 0.6 is 0 Å². The highest BCUT2D eigenvalue weighted by molar-refractivity contribution is 5.96. The Balaban J connectivity index is 1.31. The average Bonchev–Trinajstić information content (AvgIpc) is 3.27. The van der Waals surface area contributed by atoms with Crippen molar-refractivity contribution in [3.8, 4) is 22.4 Å². The van der Waals surface area contributed by atoms with E-state index < -0.39 is 0 Å². The first-order chi connectivity index (χ1) is 17.7. The molecule has 0 atom stereocenters. The Kier molecular flexibility index (Phi) is 7.72. The molecule has 5 rings (SSSR count). The first-order valence-electron chi connectivity index (χ1n) is 13.1. The van der Waals surface area contributed by atoms with Crippen LogP contribution in [0.3, 0.4) is 0 Å². The largest absolute Gasteiger partial charge is 0.353 e. The van der Waals surface area contributed by atoms with Crippen LogP contribution < -0.4 is 10.6 Å². The van der Waals surface area contributed by atoms with E-state index in [9.17, 15) is 4.79 Å². The Hall–Kier alpha value is -3.51. The van der Waals surface area contributed by atoms with E-state index in [0.29, 0.717) is 6.54 Å². The zero-order chi connectivity index (χ0) is 24.7. The van der Waals surface area contributed by atoms with Crippen LogP contribution in [-0.2, 0) is 11.3 Å². The number of carbonyl (C=O) groups excluding carboxylic acids is 1. The third kappa shape index (κ3) is 5.82. The van der Waals surface area contributed by atoms with Gasteiger partial charge in [-0.2, -0.15) is 5.10 Å². The molecule has 1 amide bonds. The number of nitrogens with zero attached hydrogens (tertiary/aromatic N) is 3. The summed E-state index contributed by atoms with van der Waals surface area (Å²) in [6, 6.07) is 18.8.